The molecule has 1 heterocycles. The topological polar surface area (TPSA) is 76.1 Å². The number of morpholine rings is 1. The third-order valence-corrected chi connectivity index (χ3v) is 4.42. The molecule has 2 fully saturated rings. The van der Waals surface area contributed by atoms with E-state index in [4.69, 9.17) is 14.6 Å². The molecule has 2 rings (SSSR count). The van der Waals surface area contributed by atoms with E-state index in [0.29, 0.717) is 18.9 Å². The van der Waals surface area contributed by atoms with E-state index in [1.165, 1.54) is 0 Å². The summed E-state index contributed by atoms with van der Waals surface area (Å²) in [6, 6.07) is 0. The summed E-state index contributed by atoms with van der Waals surface area (Å²) in [6.45, 7) is 2.43. The van der Waals surface area contributed by atoms with Gasteiger partial charge in [-0.1, -0.05) is 6.42 Å². The highest BCUT2D eigenvalue weighted by Crippen LogP contribution is 2.29. The van der Waals surface area contributed by atoms with Crippen molar-refractivity contribution in [1.29, 1.82) is 0 Å². The fourth-order valence-corrected chi connectivity index (χ4v) is 3.31. The molecule has 1 aliphatic heterocycles. The van der Waals surface area contributed by atoms with Crippen molar-refractivity contribution in [2.24, 2.45) is 5.92 Å². The minimum atomic E-state index is -1.00. The van der Waals surface area contributed by atoms with Crippen LogP contribution < -0.4 is 0 Å². The van der Waals surface area contributed by atoms with Gasteiger partial charge in [-0.05, 0) is 32.1 Å². The number of carboxylic acids is 1. The second kappa shape index (κ2) is 7.22. The molecule has 0 bridgehead atoms. The Kier molecular flexibility index (Phi) is 5.58. The Bertz CT molecular complexity index is 386. The SMILES string of the molecule is COC1CCCC(CC(=O)N2C[C@@H](C)O[C@@H](C(=O)O)C2)C1. The molecule has 120 valence electrons. The van der Waals surface area contributed by atoms with Gasteiger partial charge < -0.3 is 19.5 Å². The quantitative estimate of drug-likeness (QED) is 0.846. The summed E-state index contributed by atoms with van der Waals surface area (Å²) >= 11 is 0. The van der Waals surface area contributed by atoms with E-state index >= 15 is 0 Å². The van der Waals surface area contributed by atoms with Gasteiger partial charge in [0.1, 0.15) is 0 Å². The van der Waals surface area contributed by atoms with Crippen molar-refractivity contribution in [2.45, 2.75) is 57.3 Å². The molecule has 6 nitrogen and oxygen atoms in total. The molecule has 21 heavy (non-hydrogen) atoms. The average Bonchev–Trinajstić information content (AvgIpc) is 2.46. The summed E-state index contributed by atoms with van der Waals surface area (Å²) in [7, 11) is 1.72. The van der Waals surface area contributed by atoms with E-state index < -0.39 is 12.1 Å². The van der Waals surface area contributed by atoms with E-state index in [0.717, 1.165) is 25.7 Å². The van der Waals surface area contributed by atoms with Crippen molar-refractivity contribution in [3.05, 3.63) is 0 Å². The van der Waals surface area contributed by atoms with E-state index in [9.17, 15) is 9.59 Å². The minimum Gasteiger partial charge on any atom is -0.479 e. The maximum atomic E-state index is 12.4. The van der Waals surface area contributed by atoms with Crippen LogP contribution in [0.5, 0.6) is 0 Å². The lowest BCUT2D eigenvalue weighted by Crippen LogP contribution is -2.52. The number of hydrogen-bond acceptors (Lipinski definition) is 4. The van der Waals surface area contributed by atoms with Crippen LogP contribution in [-0.4, -0.2) is 60.4 Å². The average molecular weight is 299 g/mol. The summed E-state index contributed by atoms with van der Waals surface area (Å²) in [5.74, 6) is -0.618. The van der Waals surface area contributed by atoms with Gasteiger partial charge in [0.05, 0.1) is 18.8 Å². The van der Waals surface area contributed by atoms with Gasteiger partial charge >= 0.3 is 5.97 Å². The molecule has 1 N–H and O–H groups in total. The molecule has 0 aromatic heterocycles. The van der Waals surface area contributed by atoms with Crippen molar-refractivity contribution in [2.75, 3.05) is 20.2 Å². The van der Waals surface area contributed by atoms with Crippen LogP contribution in [0, 0.1) is 5.92 Å². The van der Waals surface area contributed by atoms with Gasteiger partial charge in [-0.25, -0.2) is 4.79 Å². The number of ether oxygens (including phenoxy) is 2. The molecule has 1 saturated heterocycles. The Balaban J connectivity index is 1.88. The van der Waals surface area contributed by atoms with Crippen LogP contribution in [0.1, 0.15) is 39.0 Å². The Morgan fingerprint density at radius 3 is 2.76 bits per heavy atom. The second-order valence-corrected chi connectivity index (χ2v) is 6.17. The molecular weight excluding hydrogens is 274 g/mol. The molecule has 0 spiro atoms. The van der Waals surface area contributed by atoms with E-state index in [1.807, 2.05) is 0 Å². The summed E-state index contributed by atoms with van der Waals surface area (Å²) in [6.07, 6.45) is 3.73. The first kappa shape index (κ1) is 16.2. The maximum absolute atomic E-state index is 12.4. The first-order valence-corrected chi connectivity index (χ1v) is 7.68. The molecule has 0 aromatic carbocycles. The molecule has 1 amide bonds. The molecule has 4 atom stereocenters. The molecule has 2 aliphatic rings. The van der Waals surface area contributed by atoms with Crippen LogP contribution in [0.25, 0.3) is 0 Å². The smallest absolute Gasteiger partial charge is 0.334 e. The highest BCUT2D eigenvalue weighted by molar-refractivity contribution is 5.79. The number of carbonyl (C=O) groups excluding carboxylic acids is 1. The molecule has 1 saturated carbocycles. The number of rotatable bonds is 4. The summed E-state index contributed by atoms with van der Waals surface area (Å²) < 4.78 is 10.7. The summed E-state index contributed by atoms with van der Waals surface area (Å²) in [5, 5.41) is 9.06. The number of amides is 1. The monoisotopic (exact) mass is 299 g/mol. The molecule has 0 radical (unpaired) electrons. The summed E-state index contributed by atoms with van der Waals surface area (Å²) in [5.41, 5.74) is 0. The van der Waals surface area contributed by atoms with Crippen molar-refractivity contribution in [1.82, 2.24) is 4.90 Å². The zero-order valence-electron chi connectivity index (χ0n) is 12.8. The summed E-state index contributed by atoms with van der Waals surface area (Å²) in [4.78, 5) is 25.1. The number of carbonyl (C=O) groups is 2. The zero-order valence-corrected chi connectivity index (χ0v) is 12.8. The van der Waals surface area contributed by atoms with Gasteiger partial charge in [-0.2, -0.15) is 0 Å². The van der Waals surface area contributed by atoms with Gasteiger partial charge in [0.25, 0.3) is 0 Å². The molecule has 6 heteroatoms. The maximum Gasteiger partial charge on any atom is 0.334 e. The second-order valence-electron chi connectivity index (χ2n) is 6.17. The fraction of sp³-hybridized carbons (Fsp3) is 0.867. The van der Waals surface area contributed by atoms with Crippen molar-refractivity contribution in [3.8, 4) is 0 Å². The predicted octanol–water partition coefficient (Wildman–Crippen LogP) is 1.28. The van der Waals surface area contributed by atoms with Gasteiger partial charge in [0.2, 0.25) is 5.91 Å². The van der Waals surface area contributed by atoms with E-state index in [-0.39, 0.29) is 24.7 Å². The lowest BCUT2D eigenvalue weighted by Gasteiger charge is -2.36. The van der Waals surface area contributed by atoms with Crippen molar-refractivity contribution in [3.63, 3.8) is 0 Å². The van der Waals surface area contributed by atoms with Crippen LogP contribution in [0.15, 0.2) is 0 Å². The number of carboxylic acid groups (broad SMARTS) is 1. The third kappa shape index (κ3) is 4.41. The Labute approximate surface area is 125 Å². The first-order chi connectivity index (χ1) is 9.99. The van der Waals surface area contributed by atoms with Gasteiger partial charge in [-0.15, -0.1) is 0 Å². The standard InChI is InChI=1S/C15H25NO5/c1-10-8-16(9-13(21-10)15(18)19)14(17)7-11-4-3-5-12(6-11)20-2/h10-13H,3-9H2,1-2H3,(H,18,19)/t10-,11?,12?,13-/m1/s1. The number of aliphatic carboxylic acids is 1. The van der Waals surface area contributed by atoms with Crippen molar-refractivity contribution >= 4 is 11.9 Å². The lowest BCUT2D eigenvalue weighted by molar-refractivity contribution is -0.167. The molecule has 2 unspecified atom stereocenters. The fourth-order valence-electron chi connectivity index (χ4n) is 3.31. The van der Waals surface area contributed by atoms with Crippen LogP contribution in [0.4, 0.5) is 0 Å². The van der Waals surface area contributed by atoms with Crippen molar-refractivity contribution < 1.29 is 24.2 Å². The van der Waals surface area contributed by atoms with Gasteiger partial charge in [0.15, 0.2) is 6.10 Å². The molecule has 0 aromatic rings. The Morgan fingerprint density at radius 1 is 1.33 bits per heavy atom. The normalized spacial score (nSPS) is 33.7. The zero-order chi connectivity index (χ0) is 15.4. The number of hydrogen-bond donors (Lipinski definition) is 1. The van der Waals surface area contributed by atoms with Gasteiger partial charge in [0, 0.05) is 20.1 Å². The highest BCUT2D eigenvalue weighted by Gasteiger charge is 2.34. The highest BCUT2D eigenvalue weighted by atomic mass is 16.5. The number of nitrogens with zero attached hydrogens (tertiary/aromatic N) is 1. The van der Waals surface area contributed by atoms with Crippen LogP contribution >= 0.6 is 0 Å². The number of methoxy groups -OCH3 is 1. The largest absolute Gasteiger partial charge is 0.479 e. The Hall–Kier alpha value is -1.14. The van der Waals surface area contributed by atoms with Crippen LogP contribution in [0.3, 0.4) is 0 Å². The van der Waals surface area contributed by atoms with Gasteiger partial charge in [-0.3, -0.25) is 4.79 Å². The first-order valence-electron chi connectivity index (χ1n) is 7.68. The van der Waals surface area contributed by atoms with E-state index in [2.05, 4.69) is 0 Å². The predicted molar refractivity (Wildman–Crippen MR) is 75.9 cm³/mol. The molecule has 1 aliphatic carbocycles. The molecular formula is C15H25NO5. The van der Waals surface area contributed by atoms with E-state index in [1.54, 1.807) is 18.9 Å². The Morgan fingerprint density at radius 2 is 2.10 bits per heavy atom. The van der Waals surface area contributed by atoms with Crippen LogP contribution in [-0.2, 0) is 19.1 Å². The third-order valence-electron chi connectivity index (χ3n) is 4.42. The lowest BCUT2D eigenvalue weighted by atomic mass is 9.84. The minimum absolute atomic E-state index is 0.0400. The van der Waals surface area contributed by atoms with Crippen LogP contribution in [0.2, 0.25) is 0 Å².